The molecular formula is C16H13BrN2OS. The molecule has 3 heterocycles. The SMILES string of the molecule is O=C(c1csc(Br)c1)N1CCc2[nH]c3ccccc3c2C1. The normalized spacial score (nSPS) is 14.4. The molecule has 0 saturated carbocycles. The van der Waals surface area contributed by atoms with Crippen molar-refractivity contribution in [2.75, 3.05) is 6.54 Å². The third kappa shape index (κ3) is 2.21. The maximum atomic E-state index is 12.6. The Balaban J connectivity index is 1.68. The number of carbonyl (C=O) groups is 1. The van der Waals surface area contributed by atoms with Crippen LogP contribution in [-0.2, 0) is 13.0 Å². The van der Waals surface area contributed by atoms with Crippen LogP contribution in [0.15, 0.2) is 39.5 Å². The molecule has 106 valence electrons. The number of aromatic amines is 1. The Morgan fingerprint density at radius 1 is 1.33 bits per heavy atom. The van der Waals surface area contributed by atoms with Crippen LogP contribution in [0, 0.1) is 0 Å². The zero-order valence-electron chi connectivity index (χ0n) is 11.2. The Morgan fingerprint density at radius 2 is 2.19 bits per heavy atom. The molecule has 1 aromatic carbocycles. The van der Waals surface area contributed by atoms with Gasteiger partial charge in [0.25, 0.3) is 5.91 Å². The van der Waals surface area contributed by atoms with Crippen LogP contribution in [0.25, 0.3) is 10.9 Å². The maximum Gasteiger partial charge on any atom is 0.255 e. The largest absolute Gasteiger partial charge is 0.358 e. The van der Waals surface area contributed by atoms with E-state index in [0.717, 1.165) is 27.8 Å². The summed E-state index contributed by atoms with van der Waals surface area (Å²) in [7, 11) is 0. The van der Waals surface area contributed by atoms with Crippen molar-refractivity contribution in [1.29, 1.82) is 0 Å². The van der Waals surface area contributed by atoms with E-state index in [1.165, 1.54) is 16.6 Å². The molecule has 0 aliphatic carbocycles. The minimum absolute atomic E-state index is 0.118. The van der Waals surface area contributed by atoms with Gasteiger partial charge >= 0.3 is 0 Å². The summed E-state index contributed by atoms with van der Waals surface area (Å²) in [5.41, 5.74) is 4.47. The van der Waals surface area contributed by atoms with Crippen LogP contribution in [0.3, 0.4) is 0 Å². The quantitative estimate of drug-likeness (QED) is 0.693. The monoisotopic (exact) mass is 360 g/mol. The molecule has 0 unspecified atom stereocenters. The predicted octanol–water partition coefficient (Wildman–Crippen LogP) is 4.19. The topological polar surface area (TPSA) is 36.1 Å². The highest BCUT2D eigenvalue weighted by Gasteiger charge is 2.25. The van der Waals surface area contributed by atoms with E-state index in [9.17, 15) is 4.79 Å². The van der Waals surface area contributed by atoms with Gasteiger partial charge in [0.2, 0.25) is 0 Å². The summed E-state index contributed by atoms with van der Waals surface area (Å²) >= 11 is 4.97. The smallest absolute Gasteiger partial charge is 0.255 e. The minimum Gasteiger partial charge on any atom is -0.358 e. The number of amides is 1. The predicted molar refractivity (Wildman–Crippen MR) is 88.8 cm³/mol. The van der Waals surface area contributed by atoms with Crippen molar-refractivity contribution in [3.63, 3.8) is 0 Å². The fourth-order valence-corrected chi connectivity index (χ4v) is 4.08. The van der Waals surface area contributed by atoms with Crippen LogP contribution in [0.5, 0.6) is 0 Å². The molecule has 2 aromatic heterocycles. The van der Waals surface area contributed by atoms with Crippen molar-refractivity contribution < 1.29 is 4.79 Å². The molecular weight excluding hydrogens is 348 g/mol. The zero-order chi connectivity index (χ0) is 14.4. The first-order chi connectivity index (χ1) is 10.2. The molecule has 3 nitrogen and oxygen atoms in total. The number of aromatic nitrogens is 1. The average molecular weight is 361 g/mol. The van der Waals surface area contributed by atoms with Crippen molar-refractivity contribution >= 4 is 44.1 Å². The molecule has 0 fully saturated rings. The standard InChI is InChI=1S/C16H13BrN2OS/c17-15-7-10(9-21-15)16(20)19-6-5-14-12(8-19)11-3-1-2-4-13(11)18-14/h1-4,7,9,18H,5-6,8H2. The number of carbonyl (C=O) groups excluding carboxylic acids is 1. The van der Waals surface area contributed by atoms with Crippen molar-refractivity contribution in [3.05, 3.63) is 56.3 Å². The molecule has 1 N–H and O–H groups in total. The van der Waals surface area contributed by atoms with E-state index in [4.69, 9.17) is 0 Å². The van der Waals surface area contributed by atoms with Crippen LogP contribution < -0.4 is 0 Å². The van der Waals surface area contributed by atoms with E-state index in [0.29, 0.717) is 6.54 Å². The van der Waals surface area contributed by atoms with Gasteiger partial charge in [-0.3, -0.25) is 4.79 Å². The Bertz CT molecular complexity index is 836. The van der Waals surface area contributed by atoms with Gasteiger partial charge in [-0.05, 0) is 28.1 Å². The third-order valence-electron chi connectivity index (χ3n) is 3.98. The number of halogens is 1. The van der Waals surface area contributed by atoms with Gasteiger partial charge in [-0.25, -0.2) is 0 Å². The van der Waals surface area contributed by atoms with Gasteiger partial charge in [0.05, 0.1) is 9.35 Å². The zero-order valence-corrected chi connectivity index (χ0v) is 13.6. The highest BCUT2D eigenvalue weighted by Crippen LogP contribution is 2.29. The second kappa shape index (κ2) is 5.00. The number of thiophene rings is 1. The summed E-state index contributed by atoms with van der Waals surface area (Å²) in [6.45, 7) is 1.46. The third-order valence-corrected chi connectivity index (χ3v) is 5.49. The van der Waals surface area contributed by atoms with Crippen molar-refractivity contribution in [2.24, 2.45) is 0 Å². The summed E-state index contributed by atoms with van der Waals surface area (Å²) in [5, 5.41) is 3.15. The van der Waals surface area contributed by atoms with Crippen molar-refractivity contribution in [1.82, 2.24) is 9.88 Å². The van der Waals surface area contributed by atoms with E-state index < -0.39 is 0 Å². The fourth-order valence-electron chi connectivity index (χ4n) is 2.94. The minimum atomic E-state index is 0.118. The molecule has 3 aromatic rings. The average Bonchev–Trinajstić information content (AvgIpc) is 3.09. The van der Waals surface area contributed by atoms with E-state index >= 15 is 0 Å². The van der Waals surface area contributed by atoms with Crippen LogP contribution in [0.2, 0.25) is 0 Å². The number of H-pyrrole nitrogens is 1. The first kappa shape index (κ1) is 13.1. The van der Waals surface area contributed by atoms with Crippen molar-refractivity contribution in [2.45, 2.75) is 13.0 Å². The van der Waals surface area contributed by atoms with Gasteiger partial charge < -0.3 is 9.88 Å². The highest BCUT2D eigenvalue weighted by atomic mass is 79.9. The number of nitrogens with zero attached hydrogens (tertiary/aromatic N) is 1. The van der Waals surface area contributed by atoms with E-state index in [1.54, 1.807) is 11.3 Å². The number of hydrogen-bond acceptors (Lipinski definition) is 2. The molecule has 0 radical (unpaired) electrons. The number of nitrogens with one attached hydrogen (secondary N) is 1. The van der Waals surface area contributed by atoms with Gasteiger partial charge in [-0.15, -0.1) is 11.3 Å². The van der Waals surface area contributed by atoms with Crippen LogP contribution in [0.4, 0.5) is 0 Å². The Morgan fingerprint density at radius 3 is 3.00 bits per heavy atom. The first-order valence-electron chi connectivity index (χ1n) is 6.84. The molecule has 21 heavy (non-hydrogen) atoms. The molecule has 0 bridgehead atoms. The number of hydrogen-bond donors (Lipinski definition) is 1. The fraction of sp³-hybridized carbons (Fsp3) is 0.188. The lowest BCUT2D eigenvalue weighted by Crippen LogP contribution is -2.35. The van der Waals surface area contributed by atoms with Crippen LogP contribution >= 0.6 is 27.3 Å². The summed E-state index contributed by atoms with van der Waals surface area (Å²) in [6, 6.07) is 10.2. The van der Waals surface area contributed by atoms with Gasteiger partial charge in [-0.1, -0.05) is 18.2 Å². The lowest BCUT2D eigenvalue weighted by Gasteiger charge is -2.27. The summed E-state index contributed by atoms with van der Waals surface area (Å²) < 4.78 is 0.996. The van der Waals surface area contributed by atoms with Crippen LogP contribution in [0.1, 0.15) is 21.6 Å². The van der Waals surface area contributed by atoms with Gasteiger partial charge in [0.15, 0.2) is 0 Å². The Kier molecular flexibility index (Phi) is 3.12. The molecule has 0 saturated heterocycles. The maximum absolute atomic E-state index is 12.6. The molecule has 0 atom stereocenters. The molecule has 4 rings (SSSR count). The van der Waals surface area contributed by atoms with E-state index in [-0.39, 0.29) is 5.91 Å². The molecule has 1 amide bonds. The Labute approximate surface area is 134 Å². The molecule has 1 aliphatic heterocycles. The van der Waals surface area contributed by atoms with Gasteiger partial charge in [-0.2, -0.15) is 0 Å². The van der Waals surface area contributed by atoms with Crippen molar-refractivity contribution in [3.8, 4) is 0 Å². The number of rotatable bonds is 1. The van der Waals surface area contributed by atoms with E-state index in [2.05, 4.69) is 33.0 Å². The number of benzene rings is 1. The number of fused-ring (bicyclic) bond motifs is 3. The summed E-state index contributed by atoms with van der Waals surface area (Å²) in [5.74, 6) is 0.118. The molecule has 1 aliphatic rings. The lowest BCUT2D eigenvalue weighted by molar-refractivity contribution is 0.0735. The summed E-state index contributed by atoms with van der Waals surface area (Å²) in [6.07, 6.45) is 0.890. The lowest BCUT2D eigenvalue weighted by atomic mass is 10.0. The Hall–Kier alpha value is -1.59. The van der Waals surface area contributed by atoms with E-state index in [1.807, 2.05) is 28.5 Å². The molecule has 5 heteroatoms. The van der Waals surface area contributed by atoms with Gasteiger partial charge in [0, 0.05) is 47.1 Å². The second-order valence-corrected chi connectivity index (χ2v) is 7.53. The first-order valence-corrected chi connectivity index (χ1v) is 8.51. The molecule has 0 spiro atoms. The summed E-state index contributed by atoms with van der Waals surface area (Å²) in [4.78, 5) is 18.0. The number of para-hydroxylation sites is 1. The second-order valence-electron chi connectivity index (χ2n) is 5.24. The van der Waals surface area contributed by atoms with Gasteiger partial charge in [0.1, 0.15) is 0 Å². The highest BCUT2D eigenvalue weighted by molar-refractivity contribution is 9.11. The van der Waals surface area contributed by atoms with Crippen LogP contribution in [-0.4, -0.2) is 22.3 Å².